The van der Waals surface area contributed by atoms with Gasteiger partial charge in [-0.1, -0.05) is 30.3 Å². The molecular formula is C26H32N4O2. The molecular weight excluding hydrogens is 400 g/mol. The topological polar surface area (TPSA) is 55.4 Å². The van der Waals surface area contributed by atoms with Gasteiger partial charge in [-0.3, -0.25) is 9.58 Å². The molecule has 4 rings (SSSR count). The van der Waals surface area contributed by atoms with Gasteiger partial charge in [0, 0.05) is 42.1 Å². The molecule has 0 bridgehead atoms. The molecule has 4 aromatic rings. The molecule has 6 nitrogen and oxygen atoms in total. The Balaban J connectivity index is 1.28. The molecule has 1 N–H and O–H groups in total. The van der Waals surface area contributed by atoms with Crippen LogP contribution >= 0.6 is 0 Å². The second-order valence-corrected chi connectivity index (χ2v) is 8.45. The molecule has 6 heteroatoms. The van der Waals surface area contributed by atoms with Crippen molar-refractivity contribution < 1.29 is 9.84 Å². The van der Waals surface area contributed by atoms with Crippen molar-refractivity contribution in [3.05, 3.63) is 83.8 Å². The Morgan fingerprint density at radius 3 is 2.59 bits per heavy atom. The van der Waals surface area contributed by atoms with Crippen molar-refractivity contribution in [1.82, 2.24) is 19.2 Å². The first-order valence-corrected chi connectivity index (χ1v) is 11.1. The van der Waals surface area contributed by atoms with Crippen molar-refractivity contribution in [3.8, 4) is 5.75 Å². The van der Waals surface area contributed by atoms with Crippen LogP contribution in [0, 0.1) is 13.8 Å². The number of hydrogen-bond acceptors (Lipinski definition) is 4. The van der Waals surface area contributed by atoms with Crippen LogP contribution in [0.2, 0.25) is 0 Å². The van der Waals surface area contributed by atoms with Gasteiger partial charge in [0.25, 0.3) is 0 Å². The Kier molecular flexibility index (Phi) is 6.93. The van der Waals surface area contributed by atoms with Gasteiger partial charge in [-0.2, -0.15) is 5.10 Å². The largest absolute Gasteiger partial charge is 0.492 e. The Labute approximate surface area is 189 Å². The summed E-state index contributed by atoms with van der Waals surface area (Å²) in [7, 11) is 2.05. The lowest BCUT2D eigenvalue weighted by Crippen LogP contribution is -2.32. The Morgan fingerprint density at radius 2 is 1.84 bits per heavy atom. The summed E-state index contributed by atoms with van der Waals surface area (Å²) in [6.07, 6.45) is 3.25. The molecule has 0 fully saturated rings. The Hall–Kier alpha value is -3.09. The first-order valence-electron chi connectivity index (χ1n) is 11.1. The molecule has 0 amide bonds. The van der Waals surface area contributed by atoms with Gasteiger partial charge in [-0.05, 0) is 56.3 Å². The maximum Gasteiger partial charge on any atom is 0.119 e. The molecule has 0 spiro atoms. The van der Waals surface area contributed by atoms with Gasteiger partial charge in [-0.15, -0.1) is 0 Å². The highest BCUT2D eigenvalue weighted by molar-refractivity contribution is 5.85. The predicted molar refractivity (Wildman–Crippen MR) is 128 cm³/mol. The van der Waals surface area contributed by atoms with Crippen molar-refractivity contribution in [3.63, 3.8) is 0 Å². The zero-order chi connectivity index (χ0) is 22.5. The number of aliphatic hydroxyl groups is 1. The summed E-state index contributed by atoms with van der Waals surface area (Å²) in [5.74, 6) is 0.855. The van der Waals surface area contributed by atoms with Crippen molar-refractivity contribution in [2.75, 3.05) is 20.2 Å². The zero-order valence-electron chi connectivity index (χ0n) is 19.1. The molecule has 1 atom stereocenters. The SMILES string of the molecule is Cc1c(C)n(C[C@H](O)CN(C)Cc2ccc(OCCn3cccn3)cc2)c2ccccc12. The van der Waals surface area contributed by atoms with E-state index < -0.39 is 6.10 Å². The van der Waals surface area contributed by atoms with Gasteiger partial charge < -0.3 is 14.4 Å². The van der Waals surface area contributed by atoms with Gasteiger partial charge in [0.05, 0.1) is 19.2 Å². The fourth-order valence-electron chi connectivity index (χ4n) is 4.22. The summed E-state index contributed by atoms with van der Waals surface area (Å²) in [4.78, 5) is 2.16. The maximum atomic E-state index is 10.8. The van der Waals surface area contributed by atoms with Gasteiger partial charge in [0.2, 0.25) is 0 Å². The third-order valence-corrected chi connectivity index (χ3v) is 5.99. The highest BCUT2D eigenvalue weighted by Crippen LogP contribution is 2.25. The van der Waals surface area contributed by atoms with Crippen LogP contribution in [-0.2, 0) is 19.6 Å². The minimum Gasteiger partial charge on any atom is -0.492 e. The third-order valence-electron chi connectivity index (χ3n) is 5.99. The van der Waals surface area contributed by atoms with Gasteiger partial charge in [-0.25, -0.2) is 0 Å². The summed E-state index contributed by atoms with van der Waals surface area (Å²) < 4.78 is 9.89. The number of hydrogen-bond donors (Lipinski definition) is 1. The quantitative estimate of drug-likeness (QED) is 0.411. The fraction of sp³-hybridized carbons (Fsp3) is 0.346. The second kappa shape index (κ2) is 10.0. The number of aromatic nitrogens is 3. The van der Waals surface area contributed by atoms with Crippen LogP contribution in [0.4, 0.5) is 0 Å². The normalized spacial score (nSPS) is 12.5. The first kappa shape index (κ1) is 22.1. The van der Waals surface area contributed by atoms with Crippen molar-refractivity contribution in [2.24, 2.45) is 0 Å². The number of benzene rings is 2. The standard InChI is InChI=1S/C26H32N4O2/c1-20-21(2)30(26-8-5-4-7-25(20)26)19-23(31)18-28(3)17-22-9-11-24(12-10-22)32-16-15-29-14-6-13-27-29/h4-14,23,31H,15-19H2,1-3H3/t23-/m1/s1. The maximum absolute atomic E-state index is 10.8. The molecule has 0 unspecified atom stereocenters. The van der Waals surface area contributed by atoms with Crippen molar-refractivity contribution in [2.45, 2.75) is 39.6 Å². The van der Waals surface area contributed by atoms with Gasteiger partial charge >= 0.3 is 0 Å². The van der Waals surface area contributed by atoms with Crippen LogP contribution < -0.4 is 4.74 Å². The minimum atomic E-state index is -0.446. The predicted octanol–water partition coefficient (Wildman–Crippen LogP) is 4.03. The van der Waals surface area contributed by atoms with Gasteiger partial charge in [0.15, 0.2) is 0 Å². The summed E-state index contributed by atoms with van der Waals surface area (Å²) in [5.41, 5.74) is 4.88. The summed E-state index contributed by atoms with van der Waals surface area (Å²) >= 11 is 0. The lowest BCUT2D eigenvalue weighted by Gasteiger charge is -2.22. The number of fused-ring (bicyclic) bond motifs is 1. The van der Waals surface area contributed by atoms with E-state index in [4.69, 9.17) is 4.74 Å². The second-order valence-electron chi connectivity index (χ2n) is 8.45. The highest BCUT2D eigenvalue weighted by Gasteiger charge is 2.15. The monoisotopic (exact) mass is 432 g/mol. The van der Waals surface area contributed by atoms with Crippen LogP contribution in [0.5, 0.6) is 5.75 Å². The molecule has 0 aliphatic rings. The Morgan fingerprint density at radius 1 is 1.06 bits per heavy atom. The molecule has 32 heavy (non-hydrogen) atoms. The minimum absolute atomic E-state index is 0.446. The molecule has 0 saturated heterocycles. The number of nitrogens with zero attached hydrogens (tertiary/aromatic N) is 4. The molecule has 2 aromatic carbocycles. The molecule has 0 aliphatic heterocycles. The van der Waals surface area contributed by atoms with E-state index in [9.17, 15) is 5.11 Å². The van der Waals surface area contributed by atoms with E-state index in [1.807, 2.05) is 36.1 Å². The number of para-hydroxylation sites is 1. The summed E-state index contributed by atoms with van der Waals surface area (Å²) in [6, 6.07) is 18.5. The average Bonchev–Trinajstić information content (AvgIpc) is 3.38. The van der Waals surface area contributed by atoms with Crippen LogP contribution in [0.1, 0.15) is 16.8 Å². The number of ether oxygens (including phenoxy) is 1. The van der Waals surface area contributed by atoms with Crippen LogP contribution in [0.15, 0.2) is 67.0 Å². The van der Waals surface area contributed by atoms with Crippen LogP contribution in [0.3, 0.4) is 0 Å². The molecule has 2 heterocycles. The number of likely N-dealkylation sites (N-methyl/N-ethyl adjacent to an activating group) is 1. The van der Waals surface area contributed by atoms with E-state index in [0.29, 0.717) is 19.7 Å². The lowest BCUT2D eigenvalue weighted by atomic mass is 10.2. The van der Waals surface area contributed by atoms with E-state index in [-0.39, 0.29) is 0 Å². The Bertz CT molecular complexity index is 1130. The zero-order valence-corrected chi connectivity index (χ0v) is 19.1. The molecule has 168 valence electrons. The van der Waals surface area contributed by atoms with Gasteiger partial charge in [0.1, 0.15) is 12.4 Å². The molecule has 0 radical (unpaired) electrons. The highest BCUT2D eigenvalue weighted by atomic mass is 16.5. The van der Waals surface area contributed by atoms with Crippen LogP contribution in [-0.4, -0.2) is 50.7 Å². The average molecular weight is 433 g/mol. The summed E-state index contributed by atoms with van der Waals surface area (Å²) in [6.45, 7) is 7.56. The van der Waals surface area contributed by atoms with E-state index in [2.05, 4.69) is 64.8 Å². The lowest BCUT2D eigenvalue weighted by molar-refractivity contribution is 0.108. The van der Waals surface area contributed by atoms with Crippen molar-refractivity contribution in [1.29, 1.82) is 0 Å². The number of aliphatic hydroxyl groups excluding tert-OH is 1. The number of rotatable bonds is 10. The molecule has 0 saturated carbocycles. The van der Waals surface area contributed by atoms with E-state index in [0.717, 1.165) is 18.8 Å². The fourth-order valence-corrected chi connectivity index (χ4v) is 4.22. The smallest absolute Gasteiger partial charge is 0.119 e. The van der Waals surface area contributed by atoms with E-state index in [1.165, 1.54) is 27.7 Å². The number of aryl methyl sites for hydroxylation is 1. The summed E-state index contributed by atoms with van der Waals surface area (Å²) in [5, 5.41) is 16.2. The van der Waals surface area contributed by atoms with E-state index >= 15 is 0 Å². The molecule has 2 aromatic heterocycles. The van der Waals surface area contributed by atoms with E-state index in [1.54, 1.807) is 6.20 Å². The van der Waals surface area contributed by atoms with Crippen molar-refractivity contribution >= 4 is 10.9 Å². The third kappa shape index (κ3) is 5.21. The first-order chi connectivity index (χ1) is 15.5. The van der Waals surface area contributed by atoms with Crippen LogP contribution in [0.25, 0.3) is 10.9 Å². The molecule has 0 aliphatic carbocycles.